The van der Waals surface area contributed by atoms with E-state index in [9.17, 15) is 9.59 Å². The van der Waals surface area contributed by atoms with Crippen molar-refractivity contribution >= 4 is 39.9 Å². The lowest BCUT2D eigenvalue weighted by atomic mass is 10.1. The topological polar surface area (TPSA) is 107 Å². The van der Waals surface area contributed by atoms with Crippen LogP contribution in [0.5, 0.6) is 5.75 Å². The first-order valence-electron chi connectivity index (χ1n) is 8.31. The van der Waals surface area contributed by atoms with Gasteiger partial charge in [0.05, 0.1) is 12.9 Å². The average molecular weight is 415 g/mol. The molecule has 3 rings (SSSR count). The number of rotatable bonds is 9. The van der Waals surface area contributed by atoms with Crippen LogP contribution in [0.25, 0.3) is 0 Å². The third-order valence-electron chi connectivity index (χ3n) is 3.83. The fourth-order valence-electron chi connectivity index (χ4n) is 2.29. The molecule has 28 heavy (non-hydrogen) atoms. The van der Waals surface area contributed by atoms with Gasteiger partial charge >= 0.3 is 0 Å². The molecule has 1 amide bonds. The van der Waals surface area contributed by atoms with E-state index in [1.807, 2.05) is 12.1 Å². The Kier molecular flexibility index (Phi) is 6.62. The van der Waals surface area contributed by atoms with Gasteiger partial charge < -0.3 is 15.8 Å². The average Bonchev–Trinajstić information content (AvgIpc) is 3.18. The van der Waals surface area contributed by atoms with Crippen LogP contribution in [-0.2, 0) is 6.54 Å². The molecule has 3 N–H and O–H groups in total. The molecule has 0 aliphatic carbocycles. The highest BCUT2D eigenvalue weighted by molar-refractivity contribution is 8.01. The monoisotopic (exact) mass is 414 g/mol. The number of methoxy groups -OCH3 is 1. The third-order valence-corrected chi connectivity index (χ3v) is 5.84. The molecule has 0 bridgehead atoms. The molecule has 0 unspecified atom stereocenters. The number of carbonyl (C=O) groups is 2. The van der Waals surface area contributed by atoms with Crippen LogP contribution >= 0.6 is 23.1 Å². The Balaban J connectivity index is 1.49. The van der Waals surface area contributed by atoms with Gasteiger partial charge in [0.25, 0.3) is 0 Å². The number of benzene rings is 2. The Labute approximate surface area is 170 Å². The van der Waals surface area contributed by atoms with E-state index in [1.165, 1.54) is 23.1 Å². The highest BCUT2D eigenvalue weighted by atomic mass is 32.2. The SMILES string of the molecule is COc1ccc(C(=O)CSc2nnc(NCc3ccc(C(N)=O)cc3)s2)cc1. The molecule has 1 aromatic heterocycles. The minimum absolute atomic E-state index is 0.0203. The lowest BCUT2D eigenvalue weighted by Gasteiger charge is -2.03. The molecule has 0 radical (unpaired) electrons. The third kappa shape index (κ3) is 5.30. The minimum Gasteiger partial charge on any atom is -0.497 e. The summed E-state index contributed by atoms with van der Waals surface area (Å²) in [7, 11) is 1.59. The fraction of sp³-hybridized carbons (Fsp3) is 0.158. The van der Waals surface area contributed by atoms with E-state index < -0.39 is 5.91 Å². The molecule has 0 aliphatic rings. The number of nitrogens with one attached hydrogen (secondary N) is 1. The second kappa shape index (κ2) is 9.34. The van der Waals surface area contributed by atoms with Gasteiger partial charge in [0.1, 0.15) is 5.75 Å². The Morgan fingerprint density at radius 2 is 1.75 bits per heavy atom. The Bertz CT molecular complexity index is 956. The highest BCUT2D eigenvalue weighted by Gasteiger charge is 2.10. The Morgan fingerprint density at radius 3 is 2.39 bits per heavy atom. The highest BCUT2D eigenvalue weighted by Crippen LogP contribution is 2.26. The summed E-state index contributed by atoms with van der Waals surface area (Å²) in [5.41, 5.74) is 7.33. The number of carbonyl (C=O) groups excluding carboxylic acids is 2. The van der Waals surface area contributed by atoms with Crippen molar-refractivity contribution in [1.82, 2.24) is 10.2 Å². The number of hydrogen-bond donors (Lipinski definition) is 2. The summed E-state index contributed by atoms with van der Waals surface area (Å²) in [6, 6.07) is 14.1. The van der Waals surface area contributed by atoms with Crippen molar-refractivity contribution in [2.75, 3.05) is 18.2 Å². The summed E-state index contributed by atoms with van der Waals surface area (Å²) in [4.78, 5) is 23.3. The zero-order valence-electron chi connectivity index (χ0n) is 15.0. The van der Waals surface area contributed by atoms with E-state index in [0.717, 1.165) is 5.56 Å². The van der Waals surface area contributed by atoms with Crippen LogP contribution in [0.3, 0.4) is 0 Å². The van der Waals surface area contributed by atoms with Gasteiger partial charge in [-0.25, -0.2) is 0 Å². The number of nitrogens with zero attached hydrogens (tertiary/aromatic N) is 2. The van der Waals surface area contributed by atoms with Crippen LogP contribution in [0, 0.1) is 0 Å². The number of nitrogens with two attached hydrogens (primary N) is 1. The minimum atomic E-state index is -0.450. The molecular weight excluding hydrogens is 396 g/mol. The maximum absolute atomic E-state index is 12.3. The number of thioether (sulfide) groups is 1. The summed E-state index contributed by atoms with van der Waals surface area (Å²) in [6.45, 7) is 0.545. The van der Waals surface area contributed by atoms with Gasteiger partial charge in [-0.2, -0.15) is 0 Å². The Hall–Kier alpha value is -2.91. The number of ketones is 1. The molecule has 0 spiro atoms. The van der Waals surface area contributed by atoms with Crippen molar-refractivity contribution in [3.63, 3.8) is 0 Å². The molecule has 0 saturated carbocycles. The largest absolute Gasteiger partial charge is 0.497 e. The van der Waals surface area contributed by atoms with Gasteiger partial charge in [0.2, 0.25) is 11.0 Å². The summed E-state index contributed by atoms with van der Waals surface area (Å²) >= 11 is 2.74. The number of amides is 1. The lowest BCUT2D eigenvalue weighted by Crippen LogP contribution is -2.10. The van der Waals surface area contributed by atoms with E-state index in [4.69, 9.17) is 10.5 Å². The van der Waals surface area contributed by atoms with Crippen LogP contribution in [0.15, 0.2) is 52.9 Å². The fourth-order valence-corrected chi connectivity index (χ4v) is 3.93. The van der Waals surface area contributed by atoms with Crippen LogP contribution in [0.4, 0.5) is 5.13 Å². The zero-order valence-corrected chi connectivity index (χ0v) is 16.7. The summed E-state index contributed by atoms with van der Waals surface area (Å²) < 4.78 is 5.81. The molecule has 3 aromatic rings. The molecular formula is C19H18N4O3S2. The van der Waals surface area contributed by atoms with Crippen LogP contribution < -0.4 is 15.8 Å². The standard InChI is InChI=1S/C19H18N4O3S2/c1-26-15-8-6-13(7-9-15)16(24)11-27-19-23-22-18(28-19)21-10-12-2-4-14(5-3-12)17(20)25/h2-9H,10-11H2,1H3,(H2,20,25)(H,21,22). The number of Topliss-reactive ketones (excluding diaryl/α,β-unsaturated/α-hetero) is 1. The number of hydrogen-bond acceptors (Lipinski definition) is 8. The molecule has 7 nitrogen and oxygen atoms in total. The predicted octanol–water partition coefficient (Wildman–Crippen LogP) is 3.23. The lowest BCUT2D eigenvalue weighted by molar-refractivity contribution is 0.0997. The molecule has 2 aromatic carbocycles. The first-order valence-corrected chi connectivity index (χ1v) is 10.1. The van der Waals surface area contributed by atoms with E-state index in [1.54, 1.807) is 43.5 Å². The maximum atomic E-state index is 12.3. The summed E-state index contributed by atoms with van der Waals surface area (Å²) in [5.74, 6) is 0.574. The van der Waals surface area contributed by atoms with Crippen molar-refractivity contribution in [2.45, 2.75) is 10.9 Å². The van der Waals surface area contributed by atoms with Gasteiger partial charge in [-0.3, -0.25) is 9.59 Å². The first kappa shape index (κ1) is 19.8. The van der Waals surface area contributed by atoms with Crippen molar-refractivity contribution in [1.29, 1.82) is 0 Å². The number of aromatic nitrogens is 2. The second-order valence-corrected chi connectivity index (χ2v) is 7.93. The predicted molar refractivity (Wildman–Crippen MR) is 110 cm³/mol. The van der Waals surface area contributed by atoms with Crippen molar-refractivity contribution in [3.05, 3.63) is 65.2 Å². The molecule has 144 valence electrons. The zero-order chi connectivity index (χ0) is 19.9. The van der Waals surface area contributed by atoms with Crippen LogP contribution in [0.2, 0.25) is 0 Å². The van der Waals surface area contributed by atoms with E-state index in [0.29, 0.717) is 32.9 Å². The summed E-state index contributed by atoms with van der Waals surface area (Å²) in [6.07, 6.45) is 0. The first-order chi connectivity index (χ1) is 13.5. The number of anilines is 1. The molecule has 9 heteroatoms. The van der Waals surface area contributed by atoms with Gasteiger partial charge in [0, 0.05) is 17.7 Å². The van der Waals surface area contributed by atoms with Gasteiger partial charge in [-0.15, -0.1) is 10.2 Å². The normalized spacial score (nSPS) is 10.5. The smallest absolute Gasteiger partial charge is 0.248 e. The molecule has 1 heterocycles. The molecule has 0 saturated heterocycles. The van der Waals surface area contributed by atoms with Crippen molar-refractivity contribution < 1.29 is 14.3 Å². The van der Waals surface area contributed by atoms with E-state index in [-0.39, 0.29) is 11.5 Å². The van der Waals surface area contributed by atoms with Gasteiger partial charge in [-0.05, 0) is 42.0 Å². The van der Waals surface area contributed by atoms with Gasteiger partial charge in [0.15, 0.2) is 10.1 Å². The van der Waals surface area contributed by atoms with E-state index >= 15 is 0 Å². The summed E-state index contributed by atoms with van der Waals surface area (Å²) in [5, 5.41) is 12.0. The van der Waals surface area contributed by atoms with Crippen LogP contribution in [0.1, 0.15) is 26.3 Å². The maximum Gasteiger partial charge on any atom is 0.248 e. The number of primary amides is 1. The molecule has 0 fully saturated rings. The quantitative estimate of drug-likeness (QED) is 0.409. The van der Waals surface area contributed by atoms with Crippen molar-refractivity contribution in [3.8, 4) is 5.75 Å². The molecule has 0 aliphatic heterocycles. The number of ether oxygens (including phenoxy) is 1. The van der Waals surface area contributed by atoms with Crippen molar-refractivity contribution in [2.24, 2.45) is 5.73 Å². The van der Waals surface area contributed by atoms with Crippen LogP contribution in [-0.4, -0.2) is 34.8 Å². The second-order valence-electron chi connectivity index (χ2n) is 5.73. The Morgan fingerprint density at radius 1 is 1.07 bits per heavy atom. The molecule has 0 atom stereocenters. The van der Waals surface area contributed by atoms with E-state index in [2.05, 4.69) is 15.5 Å². The van der Waals surface area contributed by atoms with Gasteiger partial charge in [-0.1, -0.05) is 35.2 Å².